The zero-order chi connectivity index (χ0) is 16.7. The van der Waals surface area contributed by atoms with Gasteiger partial charge in [0.05, 0.1) is 17.4 Å². The monoisotopic (exact) mass is 338 g/mol. The largest absolute Gasteiger partial charge is 0.331 e. The smallest absolute Gasteiger partial charge is 0.214 e. The fourth-order valence-corrected chi connectivity index (χ4v) is 2.75. The Hall–Kier alpha value is -3.09. The predicted octanol–water partition coefficient (Wildman–Crippen LogP) is 3.22. The van der Waals surface area contributed by atoms with Gasteiger partial charge >= 0.3 is 0 Å². The molecule has 0 aliphatic heterocycles. The maximum absolute atomic E-state index is 13.4. The summed E-state index contributed by atoms with van der Waals surface area (Å²) in [6, 6.07) is 8.55. The molecule has 7 heteroatoms. The van der Waals surface area contributed by atoms with E-state index in [-0.39, 0.29) is 7.43 Å². The molecule has 0 bridgehead atoms. The molecule has 0 aliphatic carbocycles. The molecule has 4 heterocycles. The van der Waals surface area contributed by atoms with Crippen molar-refractivity contribution in [2.45, 2.75) is 20.8 Å². The number of rotatable bonds is 3. The first-order valence-electron chi connectivity index (χ1n) is 7.55. The summed E-state index contributed by atoms with van der Waals surface area (Å²) < 4.78 is 17.1. The lowest BCUT2D eigenvalue weighted by Gasteiger charge is -2.07. The minimum absolute atomic E-state index is 0. The lowest BCUT2D eigenvalue weighted by Crippen LogP contribution is -2.08. The molecule has 25 heavy (non-hydrogen) atoms. The second-order valence-corrected chi connectivity index (χ2v) is 5.63. The minimum Gasteiger partial charge on any atom is -0.331 e. The van der Waals surface area contributed by atoms with Gasteiger partial charge in [0.25, 0.3) is 0 Å². The molecule has 128 valence electrons. The third kappa shape index (κ3) is 3.00. The van der Waals surface area contributed by atoms with Crippen molar-refractivity contribution in [2.75, 3.05) is 0 Å². The molecule has 4 rings (SSSR count). The Morgan fingerprint density at radius 1 is 1.16 bits per heavy atom. The Morgan fingerprint density at radius 3 is 2.80 bits per heavy atom. The van der Waals surface area contributed by atoms with Crippen molar-refractivity contribution < 1.29 is 4.39 Å². The number of halogens is 1. The molecule has 0 aromatic carbocycles. The molecular formula is C18H19FN6. The van der Waals surface area contributed by atoms with Crippen molar-refractivity contribution in [1.29, 1.82) is 0 Å². The van der Waals surface area contributed by atoms with E-state index in [1.165, 1.54) is 6.07 Å². The molecule has 0 saturated heterocycles. The van der Waals surface area contributed by atoms with Gasteiger partial charge < -0.3 is 4.57 Å². The molecule has 0 unspecified atom stereocenters. The van der Waals surface area contributed by atoms with E-state index in [4.69, 9.17) is 0 Å². The van der Waals surface area contributed by atoms with Gasteiger partial charge in [0.15, 0.2) is 5.82 Å². The van der Waals surface area contributed by atoms with Gasteiger partial charge in [-0.1, -0.05) is 13.5 Å². The van der Waals surface area contributed by atoms with Gasteiger partial charge in [0, 0.05) is 25.4 Å². The summed E-state index contributed by atoms with van der Waals surface area (Å²) in [5.74, 6) is 0.806. The lowest BCUT2D eigenvalue weighted by atomic mass is 10.3. The molecule has 0 N–H and O–H groups in total. The van der Waals surface area contributed by atoms with Crippen LogP contribution in [0.5, 0.6) is 0 Å². The quantitative estimate of drug-likeness (QED) is 0.538. The van der Waals surface area contributed by atoms with Crippen LogP contribution in [0.4, 0.5) is 4.39 Å². The normalized spacial score (nSPS) is 10.8. The summed E-state index contributed by atoms with van der Waals surface area (Å²) in [6.45, 7) is 1.96. The fourth-order valence-electron chi connectivity index (χ4n) is 2.75. The third-order valence-corrected chi connectivity index (χ3v) is 3.97. The number of hydrogen-bond acceptors (Lipinski definition) is 4. The highest BCUT2D eigenvalue weighted by Gasteiger charge is 2.13. The van der Waals surface area contributed by atoms with Gasteiger partial charge in [0.2, 0.25) is 5.95 Å². The van der Waals surface area contributed by atoms with E-state index in [1.54, 1.807) is 29.2 Å². The first-order valence-corrected chi connectivity index (χ1v) is 7.55. The molecule has 0 atom stereocenters. The van der Waals surface area contributed by atoms with Crippen molar-refractivity contribution in [3.05, 3.63) is 65.9 Å². The van der Waals surface area contributed by atoms with E-state index in [0.29, 0.717) is 12.2 Å². The van der Waals surface area contributed by atoms with Gasteiger partial charge in [-0.15, -0.1) is 0 Å². The molecule has 0 fully saturated rings. The Balaban J connectivity index is 0.00000182. The fraction of sp³-hybridized carbons (Fsp3) is 0.222. The van der Waals surface area contributed by atoms with Crippen molar-refractivity contribution in [3.8, 4) is 5.82 Å². The van der Waals surface area contributed by atoms with Crippen LogP contribution < -0.4 is 0 Å². The molecule has 0 saturated carbocycles. The highest BCUT2D eigenvalue weighted by molar-refractivity contribution is 5.75. The van der Waals surface area contributed by atoms with Crippen LogP contribution in [-0.4, -0.2) is 29.3 Å². The maximum Gasteiger partial charge on any atom is 0.214 e. The Kier molecular flexibility index (Phi) is 4.31. The summed E-state index contributed by atoms with van der Waals surface area (Å²) in [5, 5.41) is 4.26. The number of aromatic nitrogens is 6. The molecule has 0 spiro atoms. The molecule has 4 aromatic rings. The Labute approximate surface area is 145 Å². The first kappa shape index (κ1) is 16.8. The summed E-state index contributed by atoms with van der Waals surface area (Å²) in [6.07, 6.45) is 4.01. The van der Waals surface area contributed by atoms with Crippen LogP contribution in [-0.2, 0) is 13.5 Å². The second kappa shape index (κ2) is 6.43. The van der Waals surface area contributed by atoms with Crippen molar-refractivity contribution in [3.63, 3.8) is 0 Å². The number of fused-ring (bicyclic) bond motifs is 1. The van der Waals surface area contributed by atoms with Crippen LogP contribution in [0.25, 0.3) is 16.9 Å². The van der Waals surface area contributed by atoms with Crippen LogP contribution in [0.15, 0.2) is 42.7 Å². The van der Waals surface area contributed by atoms with E-state index >= 15 is 0 Å². The summed E-state index contributed by atoms with van der Waals surface area (Å²) in [5.41, 5.74) is 3.72. The van der Waals surface area contributed by atoms with Crippen LogP contribution in [0.1, 0.15) is 24.6 Å². The zero-order valence-electron chi connectivity index (χ0n) is 13.3. The topological polar surface area (TPSA) is 61.4 Å². The molecule has 0 aliphatic rings. The van der Waals surface area contributed by atoms with E-state index in [0.717, 1.165) is 28.2 Å². The highest BCUT2D eigenvalue weighted by atomic mass is 19.1. The van der Waals surface area contributed by atoms with Crippen molar-refractivity contribution in [1.82, 2.24) is 29.3 Å². The van der Waals surface area contributed by atoms with Crippen LogP contribution in [0.2, 0.25) is 0 Å². The summed E-state index contributed by atoms with van der Waals surface area (Å²) in [7, 11) is 1.98. The van der Waals surface area contributed by atoms with Crippen LogP contribution >= 0.6 is 0 Å². The molecule has 0 radical (unpaired) electrons. The lowest BCUT2D eigenvalue weighted by molar-refractivity contribution is 0.576. The number of nitrogens with zero attached hydrogens (tertiary/aromatic N) is 6. The van der Waals surface area contributed by atoms with Gasteiger partial charge in [-0.05, 0) is 31.2 Å². The number of aryl methyl sites for hydroxylation is 2. The third-order valence-electron chi connectivity index (χ3n) is 3.97. The average Bonchev–Trinajstić information content (AvgIpc) is 3.14. The predicted molar refractivity (Wildman–Crippen MR) is 94.1 cm³/mol. The van der Waals surface area contributed by atoms with Gasteiger partial charge in [-0.3, -0.25) is 4.98 Å². The maximum atomic E-state index is 13.4. The summed E-state index contributed by atoms with van der Waals surface area (Å²) in [4.78, 5) is 12.8. The van der Waals surface area contributed by atoms with Crippen LogP contribution in [0, 0.1) is 12.9 Å². The standard InChI is InChI=1S/C17H15FN6.CH4/c1-11-8-14-13(10-19-11)21-17(23(14)2)9-12-6-7-20-24(12)16-5-3-4-15(18)22-16;/h3-8,10H,9H2,1-2H3;1H4. The zero-order valence-corrected chi connectivity index (χ0v) is 13.3. The number of pyridine rings is 2. The molecular weight excluding hydrogens is 319 g/mol. The van der Waals surface area contributed by atoms with E-state index < -0.39 is 5.95 Å². The average molecular weight is 338 g/mol. The molecule has 0 amide bonds. The van der Waals surface area contributed by atoms with Gasteiger partial charge in [-0.2, -0.15) is 9.49 Å². The highest BCUT2D eigenvalue weighted by Crippen LogP contribution is 2.18. The first-order chi connectivity index (χ1) is 11.6. The summed E-state index contributed by atoms with van der Waals surface area (Å²) >= 11 is 0. The van der Waals surface area contributed by atoms with E-state index in [9.17, 15) is 4.39 Å². The van der Waals surface area contributed by atoms with Gasteiger partial charge in [-0.25, -0.2) is 14.6 Å². The Morgan fingerprint density at radius 2 is 2.00 bits per heavy atom. The molecule has 6 nitrogen and oxygen atoms in total. The van der Waals surface area contributed by atoms with Crippen molar-refractivity contribution >= 4 is 11.0 Å². The van der Waals surface area contributed by atoms with Crippen molar-refractivity contribution in [2.24, 2.45) is 7.05 Å². The SMILES string of the molecule is C.Cc1cc2c(cn1)nc(Cc1ccnn1-c1cccc(F)n1)n2C. The minimum atomic E-state index is -0.529. The van der Waals surface area contributed by atoms with Gasteiger partial charge in [0.1, 0.15) is 11.3 Å². The van der Waals surface area contributed by atoms with Crippen LogP contribution in [0.3, 0.4) is 0 Å². The second-order valence-electron chi connectivity index (χ2n) is 5.63. The number of imidazole rings is 1. The van der Waals surface area contributed by atoms with E-state index in [2.05, 4.69) is 20.1 Å². The molecule has 4 aromatic heterocycles. The number of hydrogen-bond donors (Lipinski definition) is 0. The van der Waals surface area contributed by atoms with E-state index in [1.807, 2.05) is 30.7 Å². The Bertz CT molecular complexity index is 1030.